The van der Waals surface area contributed by atoms with Gasteiger partial charge in [0.15, 0.2) is 0 Å². The van der Waals surface area contributed by atoms with Crippen LogP contribution in [-0.2, 0) is 9.59 Å². The van der Waals surface area contributed by atoms with Crippen molar-refractivity contribution in [2.75, 3.05) is 18.0 Å². The smallest absolute Gasteiger partial charge is 0.249 e. The van der Waals surface area contributed by atoms with Crippen LogP contribution in [0.5, 0.6) is 5.75 Å². The van der Waals surface area contributed by atoms with E-state index in [9.17, 15) is 14.7 Å². The molecular weight excluding hydrogens is 322 g/mol. The van der Waals surface area contributed by atoms with Gasteiger partial charge in [-0.15, -0.1) is 0 Å². The SMILES string of the molecule is CCN(CC)c1ccc(/C=N\NC(=O)C[C@H]2C(=O)NN=C2C)c(O)c1. The molecule has 1 heterocycles. The summed E-state index contributed by atoms with van der Waals surface area (Å²) < 4.78 is 0. The van der Waals surface area contributed by atoms with E-state index in [-0.39, 0.29) is 18.1 Å². The van der Waals surface area contributed by atoms with E-state index in [2.05, 4.69) is 26.0 Å². The molecule has 2 rings (SSSR count). The first-order valence-electron chi connectivity index (χ1n) is 8.20. The zero-order valence-corrected chi connectivity index (χ0v) is 14.6. The van der Waals surface area contributed by atoms with Crippen molar-refractivity contribution >= 4 is 29.4 Å². The van der Waals surface area contributed by atoms with Crippen molar-refractivity contribution in [2.45, 2.75) is 27.2 Å². The highest BCUT2D eigenvalue weighted by Gasteiger charge is 2.28. The van der Waals surface area contributed by atoms with Gasteiger partial charge in [0, 0.05) is 42.5 Å². The molecule has 0 aromatic heterocycles. The average Bonchev–Trinajstić information content (AvgIpc) is 2.90. The van der Waals surface area contributed by atoms with Crippen LogP contribution in [0.3, 0.4) is 0 Å². The van der Waals surface area contributed by atoms with Crippen LogP contribution < -0.4 is 15.8 Å². The lowest BCUT2D eigenvalue weighted by atomic mass is 10.0. The Bertz CT molecular complexity index is 710. The van der Waals surface area contributed by atoms with Gasteiger partial charge >= 0.3 is 0 Å². The van der Waals surface area contributed by atoms with Crippen molar-refractivity contribution in [2.24, 2.45) is 16.1 Å². The van der Waals surface area contributed by atoms with E-state index in [4.69, 9.17) is 0 Å². The van der Waals surface area contributed by atoms with Gasteiger partial charge in [0.1, 0.15) is 5.75 Å². The summed E-state index contributed by atoms with van der Waals surface area (Å²) in [5.41, 5.74) is 6.68. The second kappa shape index (κ2) is 8.27. The molecular formula is C17H23N5O3. The van der Waals surface area contributed by atoms with Crippen LogP contribution in [0.2, 0.25) is 0 Å². The summed E-state index contributed by atoms with van der Waals surface area (Å²) in [6.07, 6.45) is 1.35. The van der Waals surface area contributed by atoms with Crippen molar-refractivity contribution < 1.29 is 14.7 Å². The molecule has 0 bridgehead atoms. The Kier molecular flexibility index (Phi) is 6.10. The number of anilines is 1. The van der Waals surface area contributed by atoms with Crippen molar-refractivity contribution in [3.05, 3.63) is 23.8 Å². The highest BCUT2D eigenvalue weighted by Crippen LogP contribution is 2.23. The number of rotatable bonds is 7. The third-order valence-electron chi connectivity index (χ3n) is 4.09. The Morgan fingerprint density at radius 3 is 2.72 bits per heavy atom. The number of nitrogens with zero attached hydrogens (tertiary/aromatic N) is 3. The molecule has 1 aromatic rings. The van der Waals surface area contributed by atoms with Crippen LogP contribution in [-0.4, -0.2) is 41.9 Å². The maximum absolute atomic E-state index is 11.9. The first kappa shape index (κ1) is 18.4. The largest absolute Gasteiger partial charge is 0.507 e. The number of hydrogen-bond acceptors (Lipinski definition) is 6. The molecule has 8 nitrogen and oxygen atoms in total. The molecule has 0 radical (unpaired) electrons. The fraction of sp³-hybridized carbons (Fsp3) is 0.412. The number of amides is 2. The van der Waals surface area contributed by atoms with Crippen molar-refractivity contribution in [3.63, 3.8) is 0 Å². The number of phenols is 1. The normalized spacial score (nSPS) is 16.7. The first-order chi connectivity index (χ1) is 12.0. The molecule has 2 amide bonds. The van der Waals surface area contributed by atoms with Gasteiger partial charge in [0.2, 0.25) is 11.8 Å². The molecule has 1 aromatic carbocycles. The third kappa shape index (κ3) is 4.56. The number of phenolic OH excluding ortho intramolecular Hbond substituents is 1. The molecule has 25 heavy (non-hydrogen) atoms. The Labute approximate surface area is 146 Å². The topological polar surface area (TPSA) is 106 Å². The van der Waals surface area contributed by atoms with Crippen LogP contribution in [0, 0.1) is 5.92 Å². The van der Waals surface area contributed by atoms with Crippen LogP contribution in [0.1, 0.15) is 32.8 Å². The van der Waals surface area contributed by atoms with Crippen LogP contribution in [0.25, 0.3) is 0 Å². The molecule has 0 saturated carbocycles. The maximum Gasteiger partial charge on any atom is 0.249 e. The van der Waals surface area contributed by atoms with Gasteiger partial charge in [-0.05, 0) is 32.9 Å². The number of benzene rings is 1. The fourth-order valence-corrected chi connectivity index (χ4v) is 2.56. The maximum atomic E-state index is 11.9. The lowest BCUT2D eigenvalue weighted by Gasteiger charge is -2.21. The standard InChI is InChI=1S/C17H23N5O3/c1-4-22(5-2)13-7-6-12(15(23)8-13)10-18-20-16(24)9-14-11(3)19-21-17(14)25/h6-8,10,14,23H,4-5,9H2,1-3H3,(H,20,24)(H,21,25)/b18-10-/t14-/m1/s1. The Hall–Kier alpha value is -2.90. The third-order valence-corrected chi connectivity index (χ3v) is 4.09. The average molecular weight is 345 g/mol. The summed E-state index contributed by atoms with van der Waals surface area (Å²) in [6.45, 7) is 7.47. The molecule has 0 spiro atoms. The summed E-state index contributed by atoms with van der Waals surface area (Å²) in [7, 11) is 0. The zero-order chi connectivity index (χ0) is 18.4. The van der Waals surface area contributed by atoms with Gasteiger partial charge in [0.05, 0.1) is 12.1 Å². The van der Waals surface area contributed by atoms with Gasteiger partial charge in [-0.25, -0.2) is 10.9 Å². The second-order valence-electron chi connectivity index (χ2n) is 5.69. The predicted molar refractivity (Wildman–Crippen MR) is 96.8 cm³/mol. The summed E-state index contributed by atoms with van der Waals surface area (Å²) >= 11 is 0. The molecule has 1 aliphatic rings. The van der Waals surface area contributed by atoms with Crippen molar-refractivity contribution in [1.29, 1.82) is 0 Å². The van der Waals surface area contributed by atoms with Crippen LogP contribution in [0.15, 0.2) is 28.4 Å². The van der Waals surface area contributed by atoms with Crippen molar-refractivity contribution in [3.8, 4) is 5.75 Å². The Morgan fingerprint density at radius 1 is 1.44 bits per heavy atom. The van der Waals surface area contributed by atoms with E-state index in [0.29, 0.717) is 11.3 Å². The predicted octanol–water partition coefficient (Wildman–Crippen LogP) is 1.20. The summed E-state index contributed by atoms with van der Waals surface area (Å²) in [5.74, 6) is -1.16. The van der Waals surface area contributed by atoms with Gasteiger partial charge in [-0.2, -0.15) is 10.2 Å². The Morgan fingerprint density at radius 2 is 2.16 bits per heavy atom. The summed E-state index contributed by atoms with van der Waals surface area (Å²) in [5, 5.41) is 17.7. The fourth-order valence-electron chi connectivity index (χ4n) is 2.56. The quantitative estimate of drug-likeness (QED) is 0.510. The van der Waals surface area contributed by atoms with Crippen LogP contribution in [0.4, 0.5) is 5.69 Å². The molecule has 134 valence electrons. The van der Waals surface area contributed by atoms with Gasteiger partial charge < -0.3 is 10.0 Å². The first-order valence-corrected chi connectivity index (χ1v) is 8.20. The summed E-state index contributed by atoms with van der Waals surface area (Å²) in [4.78, 5) is 25.5. The van der Waals surface area contributed by atoms with E-state index in [1.165, 1.54) is 6.21 Å². The lowest BCUT2D eigenvalue weighted by Crippen LogP contribution is -2.29. The number of carbonyl (C=O) groups is 2. The molecule has 0 saturated heterocycles. The molecule has 0 aliphatic carbocycles. The highest BCUT2D eigenvalue weighted by atomic mass is 16.3. The van der Waals surface area contributed by atoms with E-state index in [1.54, 1.807) is 19.1 Å². The van der Waals surface area contributed by atoms with Gasteiger partial charge in [-0.3, -0.25) is 9.59 Å². The molecule has 8 heteroatoms. The monoisotopic (exact) mass is 345 g/mol. The number of carbonyl (C=O) groups excluding carboxylic acids is 2. The number of nitrogens with one attached hydrogen (secondary N) is 2. The number of aromatic hydroxyl groups is 1. The molecule has 3 N–H and O–H groups in total. The van der Waals surface area contributed by atoms with E-state index in [1.807, 2.05) is 19.9 Å². The van der Waals surface area contributed by atoms with E-state index >= 15 is 0 Å². The second-order valence-corrected chi connectivity index (χ2v) is 5.69. The minimum absolute atomic E-state index is 0.0224. The molecule has 1 aliphatic heterocycles. The molecule has 0 unspecified atom stereocenters. The van der Waals surface area contributed by atoms with Crippen LogP contribution >= 0.6 is 0 Å². The van der Waals surface area contributed by atoms with Gasteiger partial charge in [-0.1, -0.05) is 0 Å². The molecule has 1 atom stereocenters. The Balaban J connectivity index is 1.94. The van der Waals surface area contributed by atoms with E-state index < -0.39 is 11.8 Å². The zero-order valence-electron chi connectivity index (χ0n) is 14.6. The minimum atomic E-state index is -0.558. The van der Waals surface area contributed by atoms with E-state index in [0.717, 1.165) is 18.8 Å². The van der Waals surface area contributed by atoms with Gasteiger partial charge in [0.25, 0.3) is 0 Å². The number of hydrazone groups is 2. The number of hydrogen-bond donors (Lipinski definition) is 3. The molecule has 0 fully saturated rings. The minimum Gasteiger partial charge on any atom is -0.507 e. The lowest BCUT2D eigenvalue weighted by molar-refractivity contribution is -0.127. The summed E-state index contributed by atoms with van der Waals surface area (Å²) in [6, 6.07) is 5.29. The van der Waals surface area contributed by atoms with Crippen molar-refractivity contribution in [1.82, 2.24) is 10.9 Å². The highest BCUT2D eigenvalue weighted by molar-refractivity contribution is 6.09.